The smallest absolute Gasteiger partial charge is 0.246 e. The highest BCUT2D eigenvalue weighted by molar-refractivity contribution is 6.35. The maximum Gasteiger partial charge on any atom is 0.246 e. The molecule has 3 aliphatic heterocycles. The molecule has 0 radical (unpaired) electrons. The summed E-state index contributed by atoms with van der Waals surface area (Å²) in [4.78, 5) is 43.7. The highest BCUT2D eigenvalue weighted by Crippen LogP contribution is 2.58. The minimum Gasteiger partial charge on any atom is -0.367 e. The molecule has 5 atom stereocenters. The molecule has 2 N–H and O–H groups in total. The molecule has 6 rings (SSSR count). The molecular formula is C31H35Cl2N3O4. The lowest BCUT2D eigenvalue weighted by atomic mass is 9.70. The second-order valence-corrected chi connectivity index (χ2v) is 12.6. The average Bonchev–Trinajstić information content (AvgIpc) is 3.56. The Morgan fingerprint density at radius 3 is 2.45 bits per heavy atom. The first-order valence-electron chi connectivity index (χ1n) is 14.4. The Labute approximate surface area is 244 Å². The molecule has 2 aromatic carbocycles. The SMILES string of the molecule is CCc1cccc(CN2C(=O)C3C(C(=O)Nc4cc(Cl)cc(Cl)c4)C4CCC3(O4)C2C(=O)NC2CCCCC2)c1. The number of likely N-dealkylation sites (tertiary alicyclic amines) is 1. The molecule has 1 aliphatic carbocycles. The molecule has 212 valence electrons. The number of hydrogen-bond donors (Lipinski definition) is 2. The molecule has 3 saturated heterocycles. The van der Waals surface area contributed by atoms with E-state index in [1.165, 1.54) is 12.0 Å². The number of amides is 3. The van der Waals surface area contributed by atoms with E-state index in [0.717, 1.165) is 37.7 Å². The van der Waals surface area contributed by atoms with Gasteiger partial charge in [0.1, 0.15) is 11.6 Å². The first kappa shape index (κ1) is 27.6. The van der Waals surface area contributed by atoms with Gasteiger partial charge in [0.05, 0.1) is 17.9 Å². The van der Waals surface area contributed by atoms with Gasteiger partial charge < -0.3 is 20.3 Å². The fourth-order valence-electron chi connectivity index (χ4n) is 7.45. The van der Waals surface area contributed by atoms with Gasteiger partial charge in [-0.25, -0.2) is 0 Å². The summed E-state index contributed by atoms with van der Waals surface area (Å²) in [7, 11) is 0. The lowest BCUT2D eigenvalue weighted by Crippen LogP contribution is -2.56. The largest absolute Gasteiger partial charge is 0.367 e. The normalized spacial score (nSPS) is 29.5. The quantitative estimate of drug-likeness (QED) is 0.449. The van der Waals surface area contributed by atoms with Gasteiger partial charge in [-0.2, -0.15) is 0 Å². The maximum absolute atomic E-state index is 14.3. The van der Waals surface area contributed by atoms with Crippen LogP contribution < -0.4 is 10.6 Å². The Bertz CT molecular complexity index is 1310. The van der Waals surface area contributed by atoms with E-state index in [9.17, 15) is 14.4 Å². The molecule has 3 amide bonds. The number of anilines is 1. The Kier molecular flexibility index (Phi) is 7.57. The molecule has 4 aliphatic rings. The number of ether oxygens (including phenoxy) is 1. The molecule has 5 unspecified atom stereocenters. The fourth-order valence-corrected chi connectivity index (χ4v) is 7.97. The predicted molar refractivity (Wildman–Crippen MR) is 154 cm³/mol. The maximum atomic E-state index is 14.3. The van der Waals surface area contributed by atoms with Crippen molar-refractivity contribution >= 4 is 46.6 Å². The number of fused-ring (bicyclic) bond motifs is 1. The molecule has 1 saturated carbocycles. The number of carbonyl (C=O) groups is 3. The van der Waals surface area contributed by atoms with Gasteiger partial charge >= 0.3 is 0 Å². The van der Waals surface area contributed by atoms with Crippen LogP contribution in [0.1, 0.15) is 63.0 Å². The highest BCUT2D eigenvalue weighted by atomic mass is 35.5. The number of benzene rings is 2. The van der Waals surface area contributed by atoms with Gasteiger partial charge in [-0.1, -0.05) is 73.7 Å². The minimum atomic E-state index is -1.03. The Morgan fingerprint density at radius 1 is 1.00 bits per heavy atom. The van der Waals surface area contributed by atoms with Gasteiger partial charge in [-0.3, -0.25) is 14.4 Å². The first-order chi connectivity index (χ1) is 19.3. The van der Waals surface area contributed by atoms with Crippen LogP contribution in [0.2, 0.25) is 10.0 Å². The van der Waals surface area contributed by atoms with Gasteiger partial charge in [-0.15, -0.1) is 0 Å². The summed E-state index contributed by atoms with van der Waals surface area (Å²) in [5, 5.41) is 6.98. The number of aryl methyl sites for hydroxylation is 1. The van der Waals surface area contributed by atoms with E-state index >= 15 is 0 Å². The number of hydrogen-bond acceptors (Lipinski definition) is 4. The molecule has 0 aromatic heterocycles. The molecule has 3 heterocycles. The van der Waals surface area contributed by atoms with Crippen LogP contribution in [0.4, 0.5) is 5.69 Å². The van der Waals surface area contributed by atoms with Gasteiger partial charge in [0, 0.05) is 28.3 Å². The van der Waals surface area contributed by atoms with Crippen molar-refractivity contribution in [2.75, 3.05) is 5.32 Å². The minimum absolute atomic E-state index is 0.0994. The van der Waals surface area contributed by atoms with E-state index in [-0.39, 0.29) is 23.8 Å². The van der Waals surface area contributed by atoms with E-state index in [1.807, 2.05) is 12.1 Å². The summed E-state index contributed by atoms with van der Waals surface area (Å²) < 4.78 is 6.57. The number of nitrogens with one attached hydrogen (secondary N) is 2. The van der Waals surface area contributed by atoms with Crippen molar-refractivity contribution in [3.8, 4) is 0 Å². The van der Waals surface area contributed by atoms with Crippen molar-refractivity contribution in [3.05, 3.63) is 63.6 Å². The standard InChI is InChI=1S/C31H35Cl2N3O4/c1-2-18-7-6-8-19(13-18)17-36-27(29(38)34-22-9-4-3-5-10-22)31-12-11-24(40-31)25(26(31)30(36)39)28(37)35-23-15-20(32)14-21(33)16-23/h6-8,13-16,22,24-27H,2-5,9-12,17H2,1H3,(H,34,38)(H,35,37). The summed E-state index contributed by atoms with van der Waals surface area (Å²) in [5.74, 6) is -2.13. The van der Waals surface area contributed by atoms with Crippen LogP contribution in [-0.4, -0.2) is 46.4 Å². The Hall–Kier alpha value is -2.61. The third-order valence-electron chi connectivity index (χ3n) is 9.19. The summed E-state index contributed by atoms with van der Waals surface area (Å²) in [6.45, 7) is 2.38. The van der Waals surface area contributed by atoms with E-state index in [0.29, 0.717) is 35.1 Å². The number of nitrogens with zero attached hydrogens (tertiary/aromatic N) is 1. The molecule has 7 nitrogen and oxygen atoms in total. The fraction of sp³-hybridized carbons (Fsp3) is 0.516. The van der Waals surface area contributed by atoms with E-state index in [1.54, 1.807) is 23.1 Å². The Balaban J connectivity index is 1.32. The summed E-state index contributed by atoms with van der Waals surface area (Å²) >= 11 is 12.3. The first-order valence-corrected chi connectivity index (χ1v) is 15.2. The van der Waals surface area contributed by atoms with Crippen LogP contribution >= 0.6 is 23.2 Å². The lowest BCUT2D eigenvalue weighted by Gasteiger charge is -2.35. The molecular weight excluding hydrogens is 549 g/mol. The van der Waals surface area contributed by atoms with Crippen molar-refractivity contribution in [3.63, 3.8) is 0 Å². The molecule has 4 fully saturated rings. The molecule has 1 spiro atoms. The van der Waals surface area contributed by atoms with Crippen LogP contribution in [0.3, 0.4) is 0 Å². The third-order valence-corrected chi connectivity index (χ3v) is 9.62. The summed E-state index contributed by atoms with van der Waals surface area (Å²) in [6.07, 6.45) is 6.86. The summed E-state index contributed by atoms with van der Waals surface area (Å²) in [5.41, 5.74) is 1.56. The van der Waals surface area contributed by atoms with Crippen LogP contribution in [0, 0.1) is 11.8 Å². The van der Waals surface area contributed by atoms with E-state index in [4.69, 9.17) is 27.9 Å². The zero-order valence-electron chi connectivity index (χ0n) is 22.6. The predicted octanol–water partition coefficient (Wildman–Crippen LogP) is 5.52. The second kappa shape index (κ2) is 11.0. The van der Waals surface area contributed by atoms with Crippen molar-refractivity contribution < 1.29 is 19.1 Å². The molecule has 40 heavy (non-hydrogen) atoms. The summed E-state index contributed by atoms with van der Waals surface area (Å²) in [6, 6.07) is 12.3. The van der Waals surface area contributed by atoms with Crippen molar-refractivity contribution in [1.29, 1.82) is 0 Å². The van der Waals surface area contributed by atoms with Crippen LogP contribution in [0.5, 0.6) is 0 Å². The van der Waals surface area contributed by atoms with Gasteiger partial charge in [0.15, 0.2) is 0 Å². The van der Waals surface area contributed by atoms with Crippen LogP contribution in [0.15, 0.2) is 42.5 Å². The third kappa shape index (κ3) is 4.90. The van der Waals surface area contributed by atoms with Crippen molar-refractivity contribution in [2.24, 2.45) is 11.8 Å². The zero-order chi connectivity index (χ0) is 28.0. The van der Waals surface area contributed by atoms with Gasteiger partial charge in [0.25, 0.3) is 0 Å². The lowest BCUT2D eigenvalue weighted by molar-refractivity contribution is -0.142. The van der Waals surface area contributed by atoms with E-state index < -0.39 is 29.6 Å². The zero-order valence-corrected chi connectivity index (χ0v) is 24.1. The van der Waals surface area contributed by atoms with Gasteiger partial charge in [-0.05, 0) is 61.4 Å². The molecule has 9 heteroatoms. The number of carbonyl (C=O) groups excluding carboxylic acids is 3. The van der Waals surface area contributed by atoms with Crippen LogP contribution in [-0.2, 0) is 32.1 Å². The topological polar surface area (TPSA) is 87.7 Å². The molecule has 2 aromatic rings. The van der Waals surface area contributed by atoms with Crippen molar-refractivity contribution in [2.45, 2.75) is 88.6 Å². The average molecular weight is 585 g/mol. The number of rotatable bonds is 7. The second-order valence-electron chi connectivity index (χ2n) is 11.7. The Morgan fingerprint density at radius 2 is 1.73 bits per heavy atom. The van der Waals surface area contributed by atoms with Crippen molar-refractivity contribution in [1.82, 2.24) is 10.2 Å². The highest BCUT2D eigenvalue weighted by Gasteiger charge is 2.74. The van der Waals surface area contributed by atoms with Gasteiger partial charge in [0.2, 0.25) is 17.7 Å². The van der Waals surface area contributed by atoms with Crippen LogP contribution in [0.25, 0.3) is 0 Å². The molecule has 2 bridgehead atoms. The number of halogens is 2. The monoisotopic (exact) mass is 583 g/mol. The van der Waals surface area contributed by atoms with E-state index in [2.05, 4.69) is 29.7 Å².